The molecular formula is C19H18ClF3N2O2S. The average Bonchev–Trinajstić information content (AvgIpc) is 2.61. The number of carbonyl (C=O) groups is 1. The van der Waals surface area contributed by atoms with Gasteiger partial charge in [0.05, 0.1) is 22.9 Å². The summed E-state index contributed by atoms with van der Waals surface area (Å²) in [6, 6.07) is 9.37. The standard InChI is InChI=1S/C19H18ClF3N2O2S/c1-11(2)10-27-14-5-3-4-12(8-14)17(26)25-18(28)24-16-7-6-13(9-15(16)20)19(21,22)23/h3-9,11H,10H2,1-2H3,(H2,24,25,26,28). The minimum atomic E-state index is -4.50. The van der Waals surface area contributed by atoms with Crippen molar-refractivity contribution in [1.82, 2.24) is 5.32 Å². The lowest BCUT2D eigenvalue weighted by Crippen LogP contribution is -2.34. The van der Waals surface area contributed by atoms with Crippen LogP contribution in [0.2, 0.25) is 5.02 Å². The predicted molar refractivity (Wildman–Crippen MR) is 107 cm³/mol. The van der Waals surface area contributed by atoms with Gasteiger partial charge in [0.25, 0.3) is 5.91 Å². The zero-order valence-corrected chi connectivity index (χ0v) is 16.6. The SMILES string of the molecule is CC(C)COc1cccc(C(=O)NC(=S)Nc2ccc(C(F)(F)F)cc2Cl)c1. The van der Waals surface area contributed by atoms with E-state index in [9.17, 15) is 18.0 Å². The third kappa shape index (κ3) is 6.38. The number of ether oxygens (including phenoxy) is 1. The van der Waals surface area contributed by atoms with Gasteiger partial charge in [0.2, 0.25) is 0 Å². The maximum absolute atomic E-state index is 12.7. The van der Waals surface area contributed by atoms with E-state index in [1.54, 1.807) is 24.3 Å². The number of hydrogen-bond donors (Lipinski definition) is 2. The number of halogens is 4. The quantitative estimate of drug-likeness (QED) is 0.613. The second-order valence-corrected chi connectivity index (χ2v) is 7.15. The van der Waals surface area contributed by atoms with Crippen molar-refractivity contribution in [1.29, 1.82) is 0 Å². The first-order chi connectivity index (χ1) is 13.1. The van der Waals surface area contributed by atoms with E-state index in [0.29, 0.717) is 23.8 Å². The third-order valence-corrected chi connectivity index (χ3v) is 3.97. The Hall–Kier alpha value is -2.32. The molecule has 150 valence electrons. The lowest BCUT2D eigenvalue weighted by molar-refractivity contribution is -0.137. The Balaban J connectivity index is 2.01. The molecule has 0 heterocycles. The Labute approximate surface area is 171 Å². The number of thiocarbonyl (C=S) groups is 1. The smallest absolute Gasteiger partial charge is 0.416 e. The Morgan fingerprint density at radius 2 is 1.93 bits per heavy atom. The van der Waals surface area contributed by atoms with Crippen molar-refractivity contribution in [2.45, 2.75) is 20.0 Å². The summed E-state index contributed by atoms with van der Waals surface area (Å²) in [4.78, 5) is 12.3. The Bertz CT molecular complexity index is 872. The fourth-order valence-corrected chi connectivity index (χ4v) is 2.54. The number of hydrogen-bond acceptors (Lipinski definition) is 3. The normalized spacial score (nSPS) is 11.2. The highest BCUT2D eigenvalue weighted by molar-refractivity contribution is 7.80. The second-order valence-electron chi connectivity index (χ2n) is 6.33. The van der Waals surface area contributed by atoms with Gasteiger partial charge in [-0.05, 0) is 54.5 Å². The van der Waals surface area contributed by atoms with Crippen LogP contribution in [-0.2, 0) is 6.18 Å². The summed E-state index contributed by atoms with van der Waals surface area (Å²) in [6.45, 7) is 4.53. The van der Waals surface area contributed by atoms with E-state index in [2.05, 4.69) is 10.6 Å². The molecule has 1 amide bonds. The fourth-order valence-electron chi connectivity index (χ4n) is 2.11. The molecule has 0 saturated carbocycles. The molecule has 2 aromatic carbocycles. The number of nitrogens with one attached hydrogen (secondary N) is 2. The van der Waals surface area contributed by atoms with Crippen LogP contribution in [0.1, 0.15) is 29.8 Å². The molecule has 0 aliphatic carbocycles. The monoisotopic (exact) mass is 430 g/mol. The summed E-state index contributed by atoms with van der Waals surface area (Å²) < 4.78 is 43.6. The largest absolute Gasteiger partial charge is 0.493 e. The van der Waals surface area contributed by atoms with Crippen LogP contribution in [0.15, 0.2) is 42.5 Å². The van der Waals surface area contributed by atoms with Crippen molar-refractivity contribution in [3.8, 4) is 5.75 Å². The fraction of sp³-hybridized carbons (Fsp3) is 0.263. The highest BCUT2D eigenvalue weighted by atomic mass is 35.5. The van der Waals surface area contributed by atoms with E-state index in [1.807, 2.05) is 13.8 Å². The molecule has 0 aromatic heterocycles. The number of benzene rings is 2. The number of carbonyl (C=O) groups excluding carboxylic acids is 1. The highest BCUT2D eigenvalue weighted by Crippen LogP contribution is 2.33. The van der Waals surface area contributed by atoms with Gasteiger partial charge in [-0.2, -0.15) is 13.2 Å². The number of alkyl halides is 3. The van der Waals surface area contributed by atoms with Crippen LogP contribution in [0, 0.1) is 5.92 Å². The van der Waals surface area contributed by atoms with Gasteiger partial charge in [-0.1, -0.05) is 31.5 Å². The first kappa shape index (κ1) is 22.0. The molecule has 0 atom stereocenters. The molecule has 2 aromatic rings. The molecule has 0 bridgehead atoms. The van der Waals surface area contributed by atoms with Crippen molar-refractivity contribution < 1.29 is 22.7 Å². The van der Waals surface area contributed by atoms with Gasteiger partial charge >= 0.3 is 6.18 Å². The summed E-state index contributed by atoms with van der Waals surface area (Å²) >= 11 is 10.9. The number of anilines is 1. The number of rotatable bonds is 5. The zero-order valence-electron chi connectivity index (χ0n) is 15.1. The molecule has 2 N–H and O–H groups in total. The summed E-state index contributed by atoms with van der Waals surface area (Å²) in [6.07, 6.45) is -4.50. The highest BCUT2D eigenvalue weighted by Gasteiger charge is 2.30. The molecule has 0 spiro atoms. The van der Waals surface area contributed by atoms with Gasteiger partial charge in [-0.25, -0.2) is 0 Å². The third-order valence-electron chi connectivity index (χ3n) is 3.45. The van der Waals surface area contributed by atoms with Crippen LogP contribution in [0.5, 0.6) is 5.75 Å². The van der Waals surface area contributed by atoms with Gasteiger partial charge in [0.1, 0.15) is 5.75 Å². The molecule has 0 unspecified atom stereocenters. The molecule has 2 rings (SSSR count). The van der Waals surface area contributed by atoms with Gasteiger partial charge in [0, 0.05) is 5.56 Å². The molecule has 0 aliphatic rings. The van der Waals surface area contributed by atoms with Gasteiger partial charge in [-0.15, -0.1) is 0 Å². The molecule has 0 saturated heterocycles. The predicted octanol–water partition coefficient (Wildman–Crippen LogP) is 5.52. The second kappa shape index (κ2) is 9.25. The molecule has 4 nitrogen and oxygen atoms in total. The zero-order chi connectivity index (χ0) is 20.9. The Morgan fingerprint density at radius 3 is 2.54 bits per heavy atom. The van der Waals surface area contributed by atoms with Crippen molar-refractivity contribution in [2.75, 3.05) is 11.9 Å². The molecule has 9 heteroatoms. The molecule has 0 aliphatic heterocycles. The summed E-state index contributed by atoms with van der Waals surface area (Å²) in [5.74, 6) is 0.393. The average molecular weight is 431 g/mol. The van der Waals surface area contributed by atoms with Crippen molar-refractivity contribution in [2.24, 2.45) is 5.92 Å². The molecule has 0 radical (unpaired) electrons. The van der Waals surface area contributed by atoms with Crippen LogP contribution >= 0.6 is 23.8 Å². The van der Waals surface area contributed by atoms with Gasteiger partial charge in [0.15, 0.2) is 5.11 Å². The minimum absolute atomic E-state index is 0.0971. The van der Waals surface area contributed by atoms with Crippen LogP contribution in [-0.4, -0.2) is 17.6 Å². The summed E-state index contributed by atoms with van der Waals surface area (Å²) in [7, 11) is 0. The molecular weight excluding hydrogens is 413 g/mol. The van der Waals surface area contributed by atoms with E-state index in [0.717, 1.165) is 18.2 Å². The van der Waals surface area contributed by atoms with Crippen LogP contribution < -0.4 is 15.4 Å². The van der Waals surface area contributed by atoms with Crippen molar-refractivity contribution >= 4 is 40.5 Å². The van der Waals surface area contributed by atoms with E-state index < -0.39 is 17.6 Å². The lowest BCUT2D eigenvalue weighted by atomic mass is 10.2. The molecule has 0 fully saturated rings. The van der Waals surface area contributed by atoms with E-state index in [4.69, 9.17) is 28.6 Å². The van der Waals surface area contributed by atoms with Crippen LogP contribution in [0.3, 0.4) is 0 Å². The van der Waals surface area contributed by atoms with Gasteiger partial charge < -0.3 is 10.1 Å². The maximum atomic E-state index is 12.7. The van der Waals surface area contributed by atoms with E-state index in [-0.39, 0.29) is 15.8 Å². The van der Waals surface area contributed by atoms with Crippen molar-refractivity contribution in [3.05, 3.63) is 58.6 Å². The van der Waals surface area contributed by atoms with E-state index in [1.165, 1.54) is 0 Å². The topological polar surface area (TPSA) is 50.4 Å². The first-order valence-electron chi connectivity index (χ1n) is 8.28. The Morgan fingerprint density at radius 1 is 1.21 bits per heavy atom. The van der Waals surface area contributed by atoms with Crippen molar-refractivity contribution in [3.63, 3.8) is 0 Å². The lowest BCUT2D eigenvalue weighted by Gasteiger charge is -2.13. The minimum Gasteiger partial charge on any atom is -0.493 e. The molecule has 28 heavy (non-hydrogen) atoms. The Kier molecular flexibility index (Phi) is 7.26. The van der Waals surface area contributed by atoms with Crippen LogP contribution in [0.25, 0.3) is 0 Å². The first-order valence-corrected chi connectivity index (χ1v) is 9.07. The number of amides is 1. The summed E-state index contributed by atoms with van der Waals surface area (Å²) in [5, 5.41) is 4.80. The van der Waals surface area contributed by atoms with E-state index >= 15 is 0 Å². The van der Waals surface area contributed by atoms with Crippen LogP contribution in [0.4, 0.5) is 18.9 Å². The summed E-state index contributed by atoms with van der Waals surface area (Å²) in [5.41, 5.74) is -0.408. The maximum Gasteiger partial charge on any atom is 0.416 e. The van der Waals surface area contributed by atoms with Gasteiger partial charge in [-0.3, -0.25) is 10.1 Å².